The monoisotopic (exact) mass is 265 g/mol. The number of aromatic nitrogens is 2. The van der Waals surface area contributed by atoms with Gasteiger partial charge in [0.25, 0.3) is 0 Å². The fourth-order valence-corrected chi connectivity index (χ4v) is 3.48. The van der Waals surface area contributed by atoms with E-state index in [1.54, 1.807) is 6.07 Å². The van der Waals surface area contributed by atoms with E-state index in [2.05, 4.69) is 15.3 Å². The number of aromatic amines is 1. The highest BCUT2D eigenvalue weighted by molar-refractivity contribution is 7.99. The van der Waals surface area contributed by atoms with Crippen molar-refractivity contribution in [2.45, 2.75) is 24.5 Å². The van der Waals surface area contributed by atoms with Gasteiger partial charge in [0.1, 0.15) is 5.82 Å². The van der Waals surface area contributed by atoms with Gasteiger partial charge in [0.15, 0.2) is 0 Å². The molecule has 1 aromatic carbocycles. The van der Waals surface area contributed by atoms with Gasteiger partial charge in [0, 0.05) is 11.8 Å². The summed E-state index contributed by atoms with van der Waals surface area (Å²) in [5.41, 5.74) is 1.55. The van der Waals surface area contributed by atoms with Crippen molar-refractivity contribution in [1.29, 1.82) is 0 Å². The molecule has 1 atom stereocenters. The molecule has 2 aromatic rings. The average molecular weight is 265 g/mol. The van der Waals surface area contributed by atoms with E-state index >= 15 is 0 Å². The summed E-state index contributed by atoms with van der Waals surface area (Å²) in [6, 6.07) is 4.61. The summed E-state index contributed by atoms with van der Waals surface area (Å²) in [6.45, 7) is 0.924. The zero-order valence-corrected chi connectivity index (χ0v) is 10.9. The maximum atomic E-state index is 13.1. The van der Waals surface area contributed by atoms with Crippen molar-refractivity contribution >= 4 is 28.7 Å². The third-order valence-electron chi connectivity index (χ3n) is 3.22. The van der Waals surface area contributed by atoms with E-state index in [-0.39, 0.29) is 5.82 Å². The summed E-state index contributed by atoms with van der Waals surface area (Å²) in [6.07, 6.45) is 3.93. The van der Waals surface area contributed by atoms with Crippen molar-refractivity contribution in [2.75, 3.05) is 17.6 Å². The molecule has 1 unspecified atom stereocenters. The molecule has 3 nitrogen and oxygen atoms in total. The van der Waals surface area contributed by atoms with Crippen LogP contribution in [0, 0.1) is 5.82 Å². The Bertz CT molecular complexity index is 534. The Balaban J connectivity index is 1.67. The second-order valence-corrected chi connectivity index (χ2v) is 6.02. The fraction of sp³-hybridized carbons (Fsp3) is 0.462. The Morgan fingerprint density at radius 1 is 1.44 bits per heavy atom. The summed E-state index contributed by atoms with van der Waals surface area (Å²) < 4.78 is 13.1. The molecule has 2 N–H and O–H groups in total. The molecule has 0 spiro atoms. The number of hydrogen-bond acceptors (Lipinski definition) is 3. The molecule has 1 aliphatic heterocycles. The molecule has 0 bridgehead atoms. The highest BCUT2D eigenvalue weighted by Gasteiger charge is 2.14. The predicted molar refractivity (Wildman–Crippen MR) is 74.6 cm³/mol. The number of nitrogens with zero attached hydrogens (tertiary/aromatic N) is 1. The minimum atomic E-state index is -0.236. The van der Waals surface area contributed by atoms with Gasteiger partial charge in [-0.2, -0.15) is 11.8 Å². The van der Waals surface area contributed by atoms with Gasteiger partial charge < -0.3 is 10.3 Å². The van der Waals surface area contributed by atoms with Gasteiger partial charge in [-0.1, -0.05) is 6.42 Å². The standard InChI is InChI=1S/C13H16FN3S/c14-9-4-5-11-12(7-9)17-13(16-11)15-8-10-3-1-2-6-18-10/h4-5,7,10H,1-3,6,8H2,(H2,15,16,17). The molecule has 1 saturated heterocycles. The minimum absolute atomic E-state index is 0.236. The first-order valence-electron chi connectivity index (χ1n) is 6.32. The maximum absolute atomic E-state index is 13.1. The molecule has 2 heterocycles. The molecule has 18 heavy (non-hydrogen) atoms. The zero-order valence-electron chi connectivity index (χ0n) is 10.1. The van der Waals surface area contributed by atoms with E-state index < -0.39 is 0 Å². The van der Waals surface area contributed by atoms with Crippen LogP contribution in [0.3, 0.4) is 0 Å². The fourth-order valence-electron chi connectivity index (χ4n) is 2.24. The number of anilines is 1. The van der Waals surface area contributed by atoms with Crippen LogP contribution in [0.5, 0.6) is 0 Å². The van der Waals surface area contributed by atoms with Gasteiger partial charge in [0.05, 0.1) is 11.0 Å². The third-order valence-corrected chi connectivity index (χ3v) is 4.61. The third kappa shape index (κ3) is 2.61. The van der Waals surface area contributed by atoms with Crippen LogP contribution in [-0.4, -0.2) is 27.5 Å². The van der Waals surface area contributed by atoms with Crippen LogP contribution < -0.4 is 5.32 Å². The van der Waals surface area contributed by atoms with Crippen LogP contribution in [0.15, 0.2) is 18.2 Å². The maximum Gasteiger partial charge on any atom is 0.201 e. The van der Waals surface area contributed by atoms with Crippen molar-refractivity contribution in [3.63, 3.8) is 0 Å². The molecule has 1 fully saturated rings. The number of imidazole rings is 1. The van der Waals surface area contributed by atoms with Gasteiger partial charge in [-0.15, -0.1) is 0 Å². The first kappa shape index (κ1) is 11.8. The molecule has 1 aromatic heterocycles. The Kier molecular flexibility index (Phi) is 3.41. The minimum Gasteiger partial charge on any atom is -0.355 e. The largest absolute Gasteiger partial charge is 0.355 e. The van der Waals surface area contributed by atoms with Gasteiger partial charge in [-0.05, 0) is 36.8 Å². The summed E-state index contributed by atoms with van der Waals surface area (Å²) >= 11 is 2.03. The number of H-pyrrole nitrogens is 1. The molecular weight excluding hydrogens is 249 g/mol. The van der Waals surface area contributed by atoms with Crippen LogP contribution in [0.25, 0.3) is 11.0 Å². The summed E-state index contributed by atoms with van der Waals surface area (Å²) in [7, 11) is 0. The number of halogens is 1. The van der Waals surface area contributed by atoms with Gasteiger partial charge in [0.2, 0.25) is 5.95 Å². The lowest BCUT2D eigenvalue weighted by molar-refractivity contribution is 0.629. The van der Waals surface area contributed by atoms with Crippen LogP contribution in [0.2, 0.25) is 0 Å². The highest BCUT2D eigenvalue weighted by atomic mass is 32.2. The Morgan fingerprint density at radius 3 is 3.22 bits per heavy atom. The lowest BCUT2D eigenvalue weighted by atomic mass is 10.2. The summed E-state index contributed by atoms with van der Waals surface area (Å²) in [5.74, 6) is 1.76. The zero-order chi connectivity index (χ0) is 12.4. The second kappa shape index (κ2) is 5.18. The molecule has 0 saturated carbocycles. The SMILES string of the molecule is Fc1ccc2nc(NCC3CCCCS3)[nH]c2c1. The van der Waals surface area contributed by atoms with Gasteiger partial charge >= 0.3 is 0 Å². The van der Waals surface area contributed by atoms with E-state index in [4.69, 9.17) is 0 Å². The first-order valence-corrected chi connectivity index (χ1v) is 7.37. The van der Waals surface area contributed by atoms with E-state index in [1.807, 2.05) is 11.8 Å². The number of benzene rings is 1. The number of rotatable bonds is 3. The number of thioether (sulfide) groups is 1. The number of fused-ring (bicyclic) bond motifs is 1. The molecule has 96 valence electrons. The highest BCUT2D eigenvalue weighted by Crippen LogP contribution is 2.25. The van der Waals surface area contributed by atoms with Crippen LogP contribution in [0.4, 0.5) is 10.3 Å². The van der Waals surface area contributed by atoms with E-state index in [0.717, 1.165) is 23.5 Å². The number of nitrogens with one attached hydrogen (secondary N) is 2. The van der Waals surface area contributed by atoms with Crippen molar-refractivity contribution < 1.29 is 4.39 Å². The summed E-state index contributed by atoms with van der Waals surface area (Å²) in [5, 5.41) is 3.98. The van der Waals surface area contributed by atoms with Gasteiger partial charge in [-0.3, -0.25) is 0 Å². The van der Waals surface area contributed by atoms with Crippen LogP contribution in [-0.2, 0) is 0 Å². The molecule has 5 heteroatoms. The molecule has 0 amide bonds. The van der Waals surface area contributed by atoms with Crippen molar-refractivity contribution in [3.8, 4) is 0 Å². The van der Waals surface area contributed by atoms with Crippen molar-refractivity contribution in [2.24, 2.45) is 0 Å². The van der Waals surface area contributed by atoms with Gasteiger partial charge in [-0.25, -0.2) is 9.37 Å². The first-order chi connectivity index (χ1) is 8.81. The van der Waals surface area contributed by atoms with E-state index in [9.17, 15) is 4.39 Å². The lowest BCUT2D eigenvalue weighted by Gasteiger charge is -2.21. The topological polar surface area (TPSA) is 40.7 Å². The molecule has 3 rings (SSSR count). The quantitative estimate of drug-likeness (QED) is 0.893. The molecular formula is C13H16FN3S. The average Bonchev–Trinajstić information content (AvgIpc) is 2.79. The Labute approximate surface area is 110 Å². The molecule has 1 aliphatic rings. The molecule has 0 aliphatic carbocycles. The predicted octanol–water partition coefficient (Wildman–Crippen LogP) is 3.40. The molecule has 0 radical (unpaired) electrons. The lowest BCUT2D eigenvalue weighted by Crippen LogP contribution is -2.20. The Morgan fingerprint density at radius 2 is 2.39 bits per heavy atom. The second-order valence-electron chi connectivity index (χ2n) is 4.62. The summed E-state index contributed by atoms with van der Waals surface area (Å²) in [4.78, 5) is 7.50. The van der Waals surface area contributed by atoms with E-state index in [0.29, 0.717) is 5.25 Å². The number of hydrogen-bond donors (Lipinski definition) is 2. The Hall–Kier alpha value is -1.23. The normalized spacial score (nSPS) is 20.2. The van der Waals surface area contributed by atoms with Crippen LogP contribution in [0.1, 0.15) is 19.3 Å². The van der Waals surface area contributed by atoms with Crippen molar-refractivity contribution in [3.05, 3.63) is 24.0 Å². The van der Waals surface area contributed by atoms with E-state index in [1.165, 1.54) is 37.1 Å². The smallest absolute Gasteiger partial charge is 0.201 e. The van der Waals surface area contributed by atoms with Crippen molar-refractivity contribution in [1.82, 2.24) is 9.97 Å². The van der Waals surface area contributed by atoms with Crippen LogP contribution >= 0.6 is 11.8 Å².